The molecule has 4 nitrogen and oxygen atoms in total. The van der Waals surface area contributed by atoms with Gasteiger partial charge < -0.3 is 11.1 Å². The molecule has 5 heteroatoms. The number of likely N-dealkylation sites (N-methyl/N-ethyl adjacent to an activating group) is 1. The van der Waals surface area contributed by atoms with Gasteiger partial charge in [-0.05, 0) is 44.9 Å². The number of primary amides is 1. The first-order valence-corrected chi connectivity index (χ1v) is 7.11. The van der Waals surface area contributed by atoms with Crippen molar-refractivity contribution < 1.29 is 4.79 Å². The molecule has 0 aromatic carbocycles. The Labute approximate surface area is 112 Å². The Kier molecular flexibility index (Phi) is 4.24. The Morgan fingerprint density at radius 2 is 2.44 bits per heavy atom. The van der Waals surface area contributed by atoms with Crippen LogP contribution in [0, 0.1) is 0 Å². The maximum Gasteiger partial charge on any atom is 0.237 e. The first-order valence-electron chi connectivity index (χ1n) is 6.23. The van der Waals surface area contributed by atoms with Gasteiger partial charge in [-0.15, -0.1) is 11.8 Å². The lowest BCUT2D eigenvalue weighted by Crippen LogP contribution is -2.57. The van der Waals surface area contributed by atoms with E-state index in [0.717, 1.165) is 30.7 Å². The fourth-order valence-electron chi connectivity index (χ4n) is 2.49. The van der Waals surface area contributed by atoms with E-state index < -0.39 is 5.54 Å². The molecule has 0 spiro atoms. The predicted octanol–water partition coefficient (Wildman–Crippen LogP) is 1.56. The van der Waals surface area contributed by atoms with Gasteiger partial charge in [-0.3, -0.25) is 4.79 Å². The number of aromatic nitrogens is 1. The van der Waals surface area contributed by atoms with Crippen LogP contribution in [0.4, 0.5) is 0 Å². The summed E-state index contributed by atoms with van der Waals surface area (Å²) in [6, 6.07) is 5.90. The zero-order chi connectivity index (χ0) is 13.0. The number of thioether (sulfide) groups is 1. The molecule has 1 saturated carbocycles. The Balaban J connectivity index is 2.05. The summed E-state index contributed by atoms with van der Waals surface area (Å²) in [5.74, 6) is -0.240. The molecule has 1 amide bonds. The van der Waals surface area contributed by atoms with Gasteiger partial charge >= 0.3 is 0 Å². The van der Waals surface area contributed by atoms with Gasteiger partial charge in [0.15, 0.2) is 0 Å². The third kappa shape index (κ3) is 2.84. The summed E-state index contributed by atoms with van der Waals surface area (Å²) < 4.78 is 0. The van der Waals surface area contributed by atoms with Gasteiger partial charge in [0, 0.05) is 11.4 Å². The van der Waals surface area contributed by atoms with Gasteiger partial charge in [0.2, 0.25) is 5.91 Å². The molecule has 1 aliphatic rings. The fourth-order valence-corrected chi connectivity index (χ4v) is 3.76. The van der Waals surface area contributed by atoms with Gasteiger partial charge in [-0.2, -0.15) is 0 Å². The largest absolute Gasteiger partial charge is 0.368 e. The maximum absolute atomic E-state index is 11.6. The van der Waals surface area contributed by atoms with Crippen molar-refractivity contribution in [2.75, 3.05) is 7.05 Å². The quantitative estimate of drug-likeness (QED) is 0.867. The average Bonchev–Trinajstić information content (AvgIpc) is 2.40. The first kappa shape index (κ1) is 13.4. The molecule has 18 heavy (non-hydrogen) atoms. The highest BCUT2D eigenvalue weighted by molar-refractivity contribution is 7.99. The van der Waals surface area contributed by atoms with Crippen LogP contribution in [0.2, 0.25) is 0 Å². The summed E-state index contributed by atoms with van der Waals surface area (Å²) in [6.07, 6.45) is 5.54. The number of nitrogens with one attached hydrogen (secondary N) is 1. The van der Waals surface area contributed by atoms with Crippen molar-refractivity contribution in [1.29, 1.82) is 0 Å². The highest BCUT2D eigenvalue weighted by Gasteiger charge is 2.40. The molecular formula is C13H19N3OS. The number of hydrogen-bond acceptors (Lipinski definition) is 4. The zero-order valence-corrected chi connectivity index (χ0v) is 11.4. The fraction of sp³-hybridized carbons (Fsp3) is 0.538. The summed E-state index contributed by atoms with van der Waals surface area (Å²) in [5, 5.41) is 4.53. The lowest BCUT2D eigenvalue weighted by molar-refractivity contribution is -0.125. The van der Waals surface area contributed by atoms with Crippen molar-refractivity contribution in [3.8, 4) is 0 Å². The molecular weight excluding hydrogens is 246 g/mol. The van der Waals surface area contributed by atoms with E-state index in [2.05, 4.69) is 10.3 Å². The van der Waals surface area contributed by atoms with Crippen molar-refractivity contribution in [2.45, 2.75) is 41.5 Å². The van der Waals surface area contributed by atoms with Gasteiger partial charge in [-0.25, -0.2) is 4.98 Å². The van der Waals surface area contributed by atoms with Crippen molar-refractivity contribution in [3.63, 3.8) is 0 Å². The van der Waals surface area contributed by atoms with E-state index in [0.29, 0.717) is 5.25 Å². The SMILES string of the molecule is CNC1(C(N)=O)CCCC(Sc2ccccn2)C1. The topological polar surface area (TPSA) is 68.0 Å². The molecule has 1 aromatic heterocycles. The molecule has 1 aromatic rings. The Hall–Kier alpha value is -1.07. The van der Waals surface area contributed by atoms with Crippen LogP contribution in [-0.2, 0) is 4.79 Å². The van der Waals surface area contributed by atoms with Crippen LogP contribution in [0.3, 0.4) is 0 Å². The standard InChI is InChI=1S/C13H19N3OS/c1-15-13(12(14)17)7-4-5-10(9-13)18-11-6-2-3-8-16-11/h2-3,6,8,10,15H,4-5,7,9H2,1H3,(H2,14,17). The van der Waals surface area contributed by atoms with E-state index in [9.17, 15) is 4.79 Å². The summed E-state index contributed by atoms with van der Waals surface area (Å²) in [7, 11) is 1.82. The minimum atomic E-state index is -0.537. The number of carbonyl (C=O) groups is 1. The van der Waals surface area contributed by atoms with Gasteiger partial charge in [0.05, 0.1) is 10.6 Å². The molecule has 2 unspecified atom stereocenters. The highest BCUT2D eigenvalue weighted by Crippen LogP contribution is 2.37. The van der Waals surface area contributed by atoms with Gasteiger partial charge in [0.25, 0.3) is 0 Å². The highest BCUT2D eigenvalue weighted by atomic mass is 32.2. The predicted molar refractivity (Wildman–Crippen MR) is 73.3 cm³/mol. The summed E-state index contributed by atoms with van der Waals surface area (Å²) in [6.45, 7) is 0. The van der Waals surface area contributed by atoms with Gasteiger partial charge in [0.1, 0.15) is 0 Å². The lowest BCUT2D eigenvalue weighted by Gasteiger charge is -2.37. The van der Waals surface area contributed by atoms with E-state index in [1.165, 1.54) is 0 Å². The van der Waals surface area contributed by atoms with Gasteiger partial charge in [-0.1, -0.05) is 6.07 Å². The molecule has 0 saturated heterocycles. The monoisotopic (exact) mass is 265 g/mol. The second-order valence-corrected chi connectivity index (χ2v) is 6.02. The van der Waals surface area contributed by atoms with E-state index in [1.54, 1.807) is 18.0 Å². The molecule has 0 aliphatic heterocycles. The maximum atomic E-state index is 11.6. The second-order valence-electron chi connectivity index (χ2n) is 4.70. The van der Waals surface area contributed by atoms with Crippen molar-refractivity contribution in [3.05, 3.63) is 24.4 Å². The van der Waals surface area contributed by atoms with E-state index >= 15 is 0 Å². The number of amides is 1. The number of nitrogens with zero attached hydrogens (tertiary/aromatic N) is 1. The van der Waals surface area contributed by atoms with Crippen LogP contribution in [-0.4, -0.2) is 28.7 Å². The van der Waals surface area contributed by atoms with Crippen molar-refractivity contribution in [1.82, 2.24) is 10.3 Å². The Morgan fingerprint density at radius 1 is 1.61 bits per heavy atom. The number of pyridine rings is 1. The van der Waals surface area contributed by atoms with Crippen LogP contribution in [0.25, 0.3) is 0 Å². The van der Waals surface area contributed by atoms with Crippen LogP contribution in [0.1, 0.15) is 25.7 Å². The Bertz CT molecular complexity index is 412. The third-order valence-corrected chi connectivity index (χ3v) is 4.80. The number of nitrogens with two attached hydrogens (primary N) is 1. The second kappa shape index (κ2) is 5.71. The number of rotatable bonds is 4. The Morgan fingerprint density at radius 3 is 3.06 bits per heavy atom. The third-order valence-electron chi connectivity index (χ3n) is 3.58. The minimum Gasteiger partial charge on any atom is -0.368 e. The van der Waals surface area contributed by atoms with Crippen LogP contribution < -0.4 is 11.1 Å². The summed E-state index contributed by atoms with van der Waals surface area (Å²) in [5.41, 5.74) is 5.00. The van der Waals surface area contributed by atoms with Crippen molar-refractivity contribution in [2.24, 2.45) is 5.73 Å². The zero-order valence-electron chi connectivity index (χ0n) is 10.6. The smallest absolute Gasteiger partial charge is 0.237 e. The molecule has 1 aliphatic carbocycles. The van der Waals surface area contributed by atoms with E-state index in [-0.39, 0.29) is 5.91 Å². The molecule has 1 fully saturated rings. The number of carbonyl (C=O) groups excluding carboxylic acids is 1. The molecule has 0 radical (unpaired) electrons. The molecule has 98 valence electrons. The molecule has 2 atom stereocenters. The molecule has 2 rings (SSSR count). The van der Waals surface area contributed by atoms with Crippen LogP contribution >= 0.6 is 11.8 Å². The summed E-state index contributed by atoms with van der Waals surface area (Å²) >= 11 is 1.74. The van der Waals surface area contributed by atoms with Crippen molar-refractivity contribution >= 4 is 17.7 Å². The van der Waals surface area contributed by atoms with Crippen LogP contribution in [0.15, 0.2) is 29.4 Å². The minimum absolute atomic E-state index is 0.240. The molecule has 1 heterocycles. The molecule has 3 N–H and O–H groups in total. The molecule has 0 bridgehead atoms. The average molecular weight is 265 g/mol. The van der Waals surface area contributed by atoms with Crippen LogP contribution in [0.5, 0.6) is 0 Å². The van der Waals surface area contributed by atoms with E-state index in [4.69, 9.17) is 5.73 Å². The first-order chi connectivity index (χ1) is 8.66. The lowest BCUT2D eigenvalue weighted by atomic mass is 9.81. The summed E-state index contributed by atoms with van der Waals surface area (Å²) in [4.78, 5) is 16.0. The van der Waals surface area contributed by atoms with E-state index in [1.807, 2.05) is 25.2 Å². The normalized spacial score (nSPS) is 27.9. The number of hydrogen-bond donors (Lipinski definition) is 2.